The molecule has 0 unspecified atom stereocenters. The van der Waals surface area contributed by atoms with E-state index in [0.29, 0.717) is 18.0 Å². The molecule has 0 aliphatic carbocycles. The monoisotopic (exact) mass is 332 g/mol. The topological polar surface area (TPSA) is 55.6 Å². The predicted molar refractivity (Wildman–Crippen MR) is 87.1 cm³/mol. The van der Waals surface area contributed by atoms with Gasteiger partial charge >= 0.3 is 0 Å². The summed E-state index contributed by atoms with van der Waals surface area (Å²) in [4.78, 5) is 13.4. The second-order valence-electron chi connectivity index (χ2n) is 5.86. The SMILES string of the molecule is Nc1cc(C(=O)N2CCC(F)(F)C2)ccc1OCc1ccccc1. The van der Waals surface area contributed by atoms with Crippen LogP contribution in [0.15, 0.2) is 48.5 Å². The maximum atomic E-state index is 13.2. The highest BCUT2D eigenvalue weighted by molar-refractivity contribution is 5.95. The van der Waals surface area contributed by atoms with Crippen molar-refractivity contribution < 1.29 is 18.3 Å². The van der Waals surface area contributed by atoms with Crippen LogP contribution in [0.3, 0.4) is 0 Å². The molecule has 2 N–H and O–H groups in total. The van der Waals surface area contributed by atoms with Crippen molar-refractivity contribution in [1.29, 1.82) is 0 Å². The van der Waals surface area contributed by atoms with E-state index in [4.69, 9.17) is 10.5 Å². The summed E-state index contributed by atoms with van der Waals surface area (Å²) in [5.74, 6) is -2.78. The zero-order valence-electron chi connectivity index (χ0n) is 13.0. The lowest BCUT2D eigenvalue weighted by Crippen LogP contribution is -2.31. The van der Waals surface area contributed by atoms with Crippen LogP contribution >= 0.6 is 0 Å². The van der Waals surface area contributed by atoms with E-state index in [-0.39, 0.29) is 18.5 Å². The van der Waals surface area contributed by atoms with Gasteiger partial charge in [-0.2, -0.15) is 0 Å². The van der Waals surface area contributed by atoms with Gasteiger partial charge in [-0.05, 0) is 23.8 Å². The minimum Gasteiger partial charge on any atom is -0.487 e. The molecule has 0 bridgehead atoms. The molecule has 2 aromatic rings. The molecule has 126 valence electrons. The van der Waals surface area contributed by atoms with E-state index in [2.05, 4.69) is 0 Å². The number of rotatable bonds is 4. The largest absolute Gasteiger partial charge is 0.487 e. The van der Waals surface area contributed by atoms with Gasteiger partial charge in [-0.1, -0.05) is 30.3 Å². The predicted octanol–water partition coefficient (Wildman–Crippen LogP) is 3.33. The highest BCUT2D eigenvalue weighted by Gasteiger charge is 2.40. The Bertz CT molecular complexity index is 735. The number of alkyl halides is 2. The Kier molecular flexibility index (Phi) is 4.38. The zero-order valence-corrected chi connectivity index (χ0v) is 13.0. The molecule has 1 saturated heterocycles. The van der Waals surface area contributed by atoms with E-state index in [9.17, 15) is 13.6 Å². The number of carbonyl (C=O) groups excluding carboxylic acids is 1. The van der Waals surface area contributed by atoms with E-state index in [0.717, 1.165) is 10.5 Å². The van der Waals surface area contributed by atoms with E-state index in [1.807, 2.05) is 30.3 Å². The summed E-state index contributed by atoms with van der Waals surface area (Å²) in [5.41, 5.74) is 7.53. The van der Waals surface area contributed by atoms with Gasteiger partial charge in [-0.3, -0.25) is 4.79 Å². The third-order valence-corrected chi connectivity index (χ3v) is 3.95. The summed E-state index contributed by atoms with van der Waals surface area (Å²) in [5, 5.41) is 0. The van der Waals surface area contributed by atoms with Crippen molar-refractivity contribution in [2.45, 2.75) is 19.0 Å². The van der Waals surface area contributed by atoms with Crippen LogP contribution in [-0.4, -0.2) is 29.8 Å². The number of nitrogens with zero attached hydrogens (tertiary/aromatic N) is 1. The standard InChI is InChI=1S/C18H18F2N2O2/c19-18(20)8-9-22(12-18)17(23)14-6-7-16(15(21)10-14)24-11-13-4-2-1-3-5-13/h1-7,10H,8-9,11-12,21H2. The molecule has 0 aromatic heterocycles. The lowest BCUT2D eigenvalue weighted by molar-refractivity contribution is 0.0120. The van der Waals surface area contributed by atoms with Crippen molar-refractivity contribution in [2.24, 2.45) is 0 Å². The van der Waals surface area contributed by atoms with Crippen LogP contribution in [0.25, 0.3) is 0 Å². The van der Waals surface area contributed by atoms with Gasteiger partial charge in [0.05, 0.1) is 12.2 Å². The second kappa shape index (κ2) is 6.47. The molecule has 1 aliphatic rings. The molecule has 1 amide bonds. The smallest absolute Gasteiger partial charge is 0.267 e. The number of hydrogen-bond donors (Lipinski definition) is 1. The molecule has 24 heavy (non-hydrogen) atoms. The third-order valence-electron chi connectivity index (χ3n) is 3.95. The number of anilines is 1. The van der Waals surface area contributed by atoms with Crippen molar-refractivity contribution in [3.63, 3.8) is 0 Å². The zero-order chi connectivity index (χ0) is 17.2. The van der Waals surface area contributed by atoms with E-state index < -0.39 is 18.4 Å². The van der Waals surface area contributed by atoms with Gasteiger partial charge in [0.25, 0.3) is 11.8 Å². The van der Waals surface area contributed by atoms with Crippen molar-refractivity contribution >= 4 is 11.6 Å². The average molecular weight is 332 g/mol. The van der Waals surface area contributed by atoms with Gasteiger partial charge in [0.2, 0.25) is 0 Å². The van der Waals surface area contributed by atoms with Crippen molar-refractivity contribution in [3.8, 4) is 5.75 Å². The summed E-state index contributed by atoms with van der Waals surface area (Å²) in [6.07, 6.45) is -0.299. The first-order chi connectivity index (χ1) is 11.4. The van der Waals surface area contributed by atoms with Gasteiger partial charge < -0.3 is 15.4 Å². The number of ether oxygens (including phenoxy) is 1. The maximum Gasteiger partial charge on any atom is 0.267 e. The van der Waals surface area contributed by atoms with Gasteiger partial charge in [0.15, 0.2) is 0 Å². The van der Waals surface area contributed by atoms with Crippen LogP contribution in [0.2, 0.25) is 0 Å². The summed E-state index contributed by atoms with van der Waals surface area (Å²) < 4.78 is 32.1. The molecule has 0 radical (unpaired) electrons. The first-order valence-corrected chi connectivity index (χ1v) is 7.68. The molecule has 6 heteroatoms. The number of nitrogen functional groups attached to an aromatic ring is 1. The van der Waals surface area contributed by atoms with Crippen LogP contribution < -0.4 is 10.5 Å². The number of benzene rings is 2. The Morgan fingerprint density at radius 3 is 2.58 bits per heavy atom. The molecule has 1 fully saturated rings. The van der Waals surface area contributed by atoms with Crippen LogP contribution in [0.4, 0.5) is 14.5 Å². The lowest BCUT2D eigenvalue weighted by atomic mass is 10.1. The average Bonchev–Trinajstić information content (AvgIpc) is 2.94. The Hall–Kier alpha value is -2.63. The van der Waals surface area contributed by atoms with Crippen LogP contribution in [-0.2, 0) is 6.61 Å². The fourth-order valence-corrected chi connectivity index (χ4v) is 2.64. The summed E-state index contributed by atoms with van der Waals surface area (Å²) in [6, 6.07) is 14.2. The molecular weight excluding hydrogens is 314 g/mol. The molecule has 1 aliphatic heterocycles. The highest BCUT2D eigenvalue weighted by atomic mass is 19.3. The minimum atomic E-state index is -2.81. The van der Waals surface area contributed by atoms with E-state index in [1.165, 1.54) is 6.07 Å². The molecule has 0 atom stereocenters. The number of amides is 1. The molecule has 1 heterocycles. The number of likely N-dealkylation sites (tertiary alicyclic amines) is 1. The molecule has 0 spiro atoms. The molecule has 2 aromatic carbocycles. The molecule has 0 saturated carbocycles. The highest BCUT2D eigenvalue weighted by Crippen LogP contribution is 2.29. The number of halogens is 2. The van der Waals surface area contributed by atoms with Gasteiger partial charge in [0.1, 0.15) is 12.4 Å². The first-order valence-electron chi connectivity index (χ1n) is 7.68. The molecular formula is C18H18F2N2O2. The Morgan fingerprint density at radius 2 is 1.96 bits per heavy atom. The maximum absolute atomic E-state index is 13.2. The Balaban J connectivity index is 1.67. The van der Waals surface area contributed by atoms with Gasteiger partial charge in [0, 0.05) is 18.5 Å². The summed E-state index contributed by atoms with van der Waals surface area (Å²) in [6.45, 7) is -0.132. The normalized spacial score (nSPS) is 16.2. The quantitative estimate of drug-likeness (QED) is 0.874. The van der Waals surface area contributed by atoms with Crippen molar-refractivity contribution in [1.82, 2.24) is 4.90 Å². The first kappa shape index (κ1) is 16.2. The van der Waals surface area contributed by atoms with Crippen molar-refractivity contribution in [2.75, 3.05) is 18.8 Å². The Morgan fingerprint density at radius 1 is 1.21 bits per heavy atom. The minimum absolute atomic E-state index is 0.0536. The van der Waals surface area contributed by atoms with E-state index >= 15 is 0 Å². The summed E-state index contributed by atoms with van der Waals surface area (Å²) in [7, 11) is 0. The number of nitrogens with two attached hydrogens (primary N) is 1. The van der Waals surface area contributed by atoms with Crippen LogP contribution in [0.5, 0.6) is 5.75 Å². The van der Waals surface area contributed by atoms with Crippen molar-refractivity contribution in [3.05, 3.63) is 59.7 Å². The van der Waals surface area contributed by atoms with Crippen LogP contribution in [0.1, 0.15) is 22.3 Å². The third kappa shape index (κ3) is 3.64. The number of carbonyl (C=O) groups is 1. The fourth-order valence-electron chi connectivity index (χ4n) is 2.64. The molecule has 3 rings (SSSR count). The number of hydrogen-bond acceptors (Lipinski definition) is 3. The lowest BCUT2D eigenvalue weighted by Gasteiger charge is -2.17. The fraction of sp³-hybridized carbons (Fsp3) is 0.278. The molecule has 4 nitrogen and oxygen atoms in total. The van der Waals surface area contributed by atoms with Gasteiger partial charge in [-0.25, -0.2) is 8.78 Å². The second-order valence-corrected chi connectivity index (χ2v) is 5.86. The van der Waals surface area contributed by atoms with Crippen LogP contribution in [0, 0.1) is 0 Å². The van der Waals surface area contributed by atoms with Gasteiger partial charge in [-0.15, -0.1) is 0 Å². The summed E-state index contributed by atoms with van der Waals surface area (Å²) >= 11 is 0. The Labute approximate surface area is 138 Å². The van der Waals surface area contributed by atoms with E-state index in [1.54, 1.807) is 12.1 Å².